The lowest BCUT2D eigenvalue weighted by Crippen LogP contribution is -2.12. The summed E-state index contributed by atoms with van der Waals surface area (Å²) >= 11 is 0. The third-order valence-corrected chi connectivity index (χ3v) is 3.50. The molecule has 0 saturated carbocycles. The minimum absolute atomic E-state index is 0.0789. The molecule has 6 nitrogen and oxygen atoms in total. The van der Waals surface area contributed by atoms with Crippen LogP contribution in [0.3, 0.4) is 0 Å². The Balaban J connectivity index is 3.81. The molecule has 15 heavy (non-hydrogen) atoms. The van der Waals surface area contributed by atoms with Crippen molar-refractivity contribution in [1.82, 2.24) is 0 Å². The van der Waals surface area contributed by atoms with Crippen molar-refractivity contribution in [2.75, 3.05) is 18.1 Å². The van der Waals surface area contributed by atoms with E-state index in [1.165, 1.54) is 6.08 Å². The van der Waals surface area contributed by atoms with Gasteiger partial charge in [0.15, 0.2) is 0 Å². The minimum Gasteiger partial charge on any atom is -0.286 e. The molecule has 0 spiro atoms. The fourth-order valence-corrected chi connectivity index (χ4v) is 2.32. The molecule has 0 aliphatic carbocycles. The zero-order valence-electron chi connectivity index (χ0n) is 8.12. The van der Waals surface area contributed by atoms with Gasteiger partial charge in [-0.3, -0.25) is 8.74 Å². The second-order valence-electron chi connectivity index (χ2n) is 2.83. The van der Waals surface area contributed by atoms with Gasteiger partial charge in [0.2, 0.25) is 0 Å². The zero-order valence-corrected chi connectivity index (χ0v) is 9.76. The van der Waals surface area contributed by atoms with E-state index in [-0.39, 0.29) is 25.2 Å². The maximum Gasteiger partial charge on any atom is 0.267 e. The fourth-order valence-electron chi connectivity index (χ4n) is 0.774. The third kappa shape index (κ3) is 9.85. The maximum atomic E-state index is 11.0. The van der Waals surface area contributed by atoms with Crippen LogP contribution in [0.5, 0.6) is 0 Å². The molecule has 0 aliphatic rings. The highest BCUT2D eigenvalue weighted by molar-refractivity contribution is 7.86. The van der Waals surface area contributed by atoms with Crippen molar-refractivity contribution in [3.8, 4) is 0 Å². The molecule has 0 aromatic rings. The van der Waals surface area contributed by atoms with Gasteiger partial charge in [-0.05, 0) is 12.8 Å². The predicted octanol–water partition coefficient (Wildman–Crippen LogP) is 0.187. The number of hydrogen-bond donors (Lipinski definition) is 1. The smallest absolute Gasteiger partial charge is 0.267 e. The normalized spacial score (nSPS) is 12.6. The number of hydrogen-bond acceptors (Lipinski definition) is 5. The van der Waals surface area contributed by atoms with E-state index in [4.69, 9.17) is 4.55 Å². The lowest BCUT2D eigenvalue weighted by molar-refractivity contribution is 0.356. The SMILES string of the molecule is C=CCOS(=O)(=O)CCCCS(=O)(=O)O. The summed E-state index contributed by atoms with van der Waals surface area (Å²) in [6, 6.07) is 0. The highest BCUT2D eigenvalue weighted by Crippen LogP contribution is 2.01. The summed E-state index contributed by atoms with van der Waals surface area (Å²) < 4.78 is 55.5. The number of rotatable bonds is 8. The van der Waals surface area contributed by atoms with Crippen LogP contribution in [0.2, 0.25) is 0 Å². The Kier molecular flexibility index (Phi) is 6.03. The molecule has 1 N–H and O–H groups in total. The first kappa shape index (κ1) is 14.6. The Bertz CT molecular complexity index is 380. The second kappa shape index (κ2) is 6.21. The Hall–Kier alpha value is -0.440. The van der Waals surface area contributed by atoms with Gasteiger partial charge in [0.1, 0.15) is 0 Å². The molecule has 0 heterocycles. The molecule has 0 fully saturated rings. The van der Waals surface area contributed by atoms with E-state index in [2.05, 4.69) is 10.8 Å². The maximum absolute atomic E-state index is 11.0. The summed E-state index contributed by atoms with van der Waals surface area (Å²) in [5.41, 5.74) is 0. The van der Waals surface area contributed by atoms with Gasteiger partial charge < -0.3 is 0 Å². The fraction of sp³-hybridized carbons (Fsp3) is 0.714. The Morgan fingerprint density at radius 3 is 2.13 bits per heavy atom. The van der Waals surface area contributed by atoms with E-state index < -0.39 is 26.0 Å². The molecule has 0 saturated heterocycles. The topological polar surface area (TPSA) is 97.7 Å². The minimum atomic E-state index is -4.01. The highest BCUT2D eigenvalue weighted by atomic mass is 32.2. The molecule has 0 atom stereocenters. The molecule has 0 aromatic carbocycles. The average Bonchev–Trinajstić information content (AvgIpc) is 2.08. The van der Waals surface area contributed by atoms with Crippen molar-refractivity contribution >= 4 is 20.2 Å². The van der Waals surface area contributed by atoms with Crippen molar-refractivity contribution in [3.05, 3.63) is 12.7 Å². The summed E-state index contributed by atoms with van der Waals surface area (Å²) in [5.74, 6) is -0.708. The van der Waals surface area contributed by atoms with Crippen molar-refractivity contribution in [1.29, 1.82) is 0 Å². The van der Waals surface area contributed by atoms with E-state index >= 15 is 0 Å². The molecule has 0 unspecified atom stereocenters. The van der Waals surface area contributed by atoms with Gasteiger partial charge in [-0.15, -0.1) is 6.58 Å². The first-order chi connectivity index (χ1) is 6.77. The lowest BCUT2D eigenvalue weighted by Gasteiger charge is -2.02. The first-order valence-electron chi connectivity index (χ1n) is 4.20. The van der Waals surface area contributed by atoms with Crippen molar-refractivity contribution in [2.24, 2.45) is 0 Å². The molecule has 0 radical (unpaired) electrons. The summed E-state index contributed by atoms with van der Waals surface area (Å²) in [4.78, 5) is 0. The largest absolute Gasteiger partial charge is 0.286 e. The third-order valence-electron chi connectivity index (χ3n) is 1.41. The van der Waals surface area contributed by atoms with Crippen molar-refractivity contribution in [3.63, 3.8) is 0 Å². The predicted molar refractivity (Wildman–Crippen MR) is 55.6 cm³/mol. The summed E-state index contributed by atoms with van der Waals surface area (Å²) in [7, 11) is -7.62. The summed E-state index contributed by atoms with van der Waals surface area (Å²) in [6.07, 6.45) is 1.50. The monoisotopic (exact) mass is 258 g/mol. The molecular formula is C7H14O6S2. The molecule has 0 bridgehead atoms. The lowest BCUT2D eigenvalue weighted by atomic mass is 10.4. The molecule has 0 aromatic heterocycles. The quantitative estimate of drug-likeness (QED) is 0.289. The second-order valence-corrected chi connectivity index (χ2v) is 6.16. The zero-order chi connectivity index (χ0) is 11.9. The standard InChI is InChI=1S/C7H14O6S2/c1-2-5-13-15(11,12)7-4-3-6-14(8,9)10/h2H,1,3-7H2,(H,8,9,10). The van der Waals surface area contributed by atoms with E-state index in [9.17, 15) is 16.8 Å². The van der Waals surface area contributed by atoms with E-state index in [1.54, 1.807) is 0 Å². The van der Waals surface area contributed by atoms with Gasteiger partial charge in [0, 0.05) is 0 Å². The summed E-state index contributed by atoms with van der Waals surface area (Å²) in [6.45, 7) is 3.19. The first-order valence-corrected chi connectivity index (χ1v) is 7.38. The molecule has 0 rings (SSSR count). The van der Waals surface area contributed by atoms with E-state index in [0.717, 1.165) is 0 Å². The van der Waals surface area contributed by atoms with Crippen LogP contribution in [-0.4, -0.2) is 39.5 Å². The van der Waals surface area contributed by atoms with Crippen LogP contribution in [0.15, 0.2) is 12.7 Å². The van der Waals surface area contributed by atoms with Crippen LogP contribution in [0.1, 0.15) is 12.8 Å². The van der Waals surface area contributed by atoms with Crippen LogP contribution in [0.4, 0.5) is 0 Å². The van der Waals surface area contributed by atoms with Gasteiger partial charge in [0.05, 0.1) is 18.1 Å². The van der Waals surface area contributed by atoms with Crippen LogP contribution in [-0.2, 0) is 24.4 Å². The molecule has 8 heteroatoms. The number of unbranched alkanes of at least 4 members (excludes halogenated alkanes) is 1. The molecule has 0 amide bonds. The van der Waals surface area contributed by atoms with Gasteiger partial charge in [-0.2, -0.15) is 16.8 Å². The Labute approximate surface area is 89.8 Å². The average molecular weight is 258 g/mol. The van der Waals surface area contributed by atoms with Gasteiger partial charge in [0.25, 0.3) is 20.2 Å². The Morgan fingerprint density at radius 2 is 1.67 bits per heavy atom. The van der Waals surface area contributed by atoms with Crippen LogP contribution < -0.4 is 0 Å². The van der Waals surface area contributed by atoms with Crippen molar-refractivity contribution in [2.45, 2.75) is 12.8 Å². The molecule has 90 valence electrons. The molecule has 0 aliphatic heterocycles. The van der Waals surface area contributed by atoms with Crippen LogP contribution >= 0.6 is 0 Å². The van der Waals surface area contributed by atoms with Crippen LogP contribution in [0, 0.1) is 0 Å². The van der Waals surface area contributed by atoms with Crippen LogP contribution in [0.25, 0.3) is 0 Å². The highest BCUT2D eigenvalue weighted by Gasteiger charge is 2.11. The van der Waals surface area contributed by atoms with E-state index in [0.29, 0.717) is 0 Å². The van der Waals surface area contributed by atoms with Gasteiger partial charge in [-0.1, -0.05) is 6.08 Å². The molecular weight excluding hydrogens is 244 g/mol. The van der Waals surface area contributed by atoms with Gasteiger partial charge in [-0.25, -0.2) is 0 Å². The summed E-state index contributed by atoms with van der Waals surface area (Å²) in [5, 5.41) is 0. The van der Waals surface area contributed by atoms with E-state index in [1.807, 2.05) is 0 Å². The Morgan fingerprint density at radius 1 is 1.13 bits per heavy atom. The van der Waals surface area contributed by atoms with Crippen molar-refractivity contribution < 1.29 is 25.6 Å². The van der Waals surface area contributed by atoms with Gasteiger partial charge >= 0.3 is 0 Å².